The van der Waals surface area contributed by atoms with Crippen molar-refractivity contribution in [1.82, 2.24) is 9.80 Å². The summed E-state index contributed by atoms with van der Waals surface area (Å²) in [4.78, 5) is 29.3. The first-order chi connectivity index (χ1) is 21.1. The lowest BCUT2D eigenvalue weighted by molar-refractivity contribution is -0.149. The summed E-state index contributed by atoms with van der Waals surface area (Å²) in [6.07, 6.45) is -5.27. The van der Waals surface area contributed by atoms with E-state index in [0.717, 1.165) is 17.8 Å². The second-order valence-electron chi connectivity index (χ2n) is 11.4. The van der Waals surface area contributed by atoms with Crippen molar-refractivity contribution in [3.8, 4) is 5.75 Å². The SMILES string of the molecule is C[C@@H]1CCCCO[C@@H](CN(C)C(=O)CCC(F)(F)F)[C@@H](C)CN([C@H](C)CO)C(=O)c2cc(NS(=O)(=O)c3cccs3)ccc2O1. The molecule has 1 aliphatic heterocycles. The van der Waals surface area contributed by atoms with E-state index in [1.807, 2.05) is 6.92 Å². The van der Waals surface area contributed by atoms with Crippen LogP contribution in [-0.4, -0.2) is 92.9 Å². The summed E-state index contributed by atoms with van der Waals surface area (Å²) in [7, 11) is -2.48. The average molecular weight is 678 g/mol. The minimum atomic E-state index is -4.45. The van der Waals surface area contributed by atoms with E-state index in [-0.39, 0.29) is 47.0 Å². The number of nitrogens with one attached hydrogen (secondary N) is 1. The Kier molecular flexibility index (Phi) is 13.1. The Bertz CT molecular complexity index is 1370. The van der Waals surface area contributed by atoms with Gasteiger partial charge in [-0.25, -0.2) is 8.42 Å². The van der Waals surface area contributed by atoms with E-state index >= 15 is 0 Å². The van der Waals surface area contributed by atoms with Crippen molar-refractivity contribution >= 4 is 38.9 Å². The molecule has 0 aliphatic carbocycles. The number of rotatable bonds is 9. The third-order valence-corrected chi connectivity index (χ3v) is 10.3. The first kappa shape index (κ1) is 36.6. The molecule has 0 saturated carbocycles. The van der Waals surface area contributed by atoms with Crippen LogP contribution in [0.5, 0.6) is 5.75 Å². The van der Waals surface area contributed by atoms with E-state index in [1.165, 1.54) is 35.0 Å². The summed E-state index contributed by atoms with van der Waals surface area (Å²) in [5.74, 6) is -1.34. The zero-order chi connectivity index (χ0) is 33.4. The molecule has 45 heavy (non-hydrogen) atoms. The molecule has 252 valence electrons. The van der Waals surface area contributed by atoms with Crippen molar-refractivity contribution in [2.24, 2.45) is 5.92 Å². The second-order valence-corrected chi connectivity index (χ2v) is 14.3. The van der Waals surface area contributed by atoms with Crippen LogP contribution < -0.4 is 9.46 Å². The number of hydrogen-bond donors (Lipinski definition) is 2. The van der Waals surface area contributed by atoms with Gasteiger partial charge in [0, 0.05) is 44.8 Å². The van der Waals surface area contributed by atoms with Crippen LogP contribution in [0.4, 0.5) is 18.9 Å². The molecule has 4 atom stereocenters. The molecule has 0 spiro atoms. The molecule has 1 aliphatic rings. The van der Waals surface area contributed by atoms with Crippen molar-refractivity contribution < 1.29 is 45.8 Å². The van der Waals surface area contributed by atoms with E-state index in [9.17, 15) is 36.3 Å². The fourth-order valence-electron chi connectivity index (χ4n) is 4.88. The molecule has 0 unspecified atom stereocenters. The number of ether oxygens (including phenoxy) is 2. The molecule has 15 heteroatoms. The first-order valence-corrected chi connectivity index (χ1v) is 17.2. The van der Waals surface area contributed by atoms with Crippen molar-refractivity contribution in [2.75, 3.05) is 38.1 Å². The maximum absolute atomic E-state index is 14.2. The summed E-state index contributed by atoms with van der Waals surface area (Å²) in [6, 6.07) is 6.88. The van der Waals surface area contributed by atoms with Gasteiger partial charge < -0.3 is 24.4 Å². The number of fused-ring (bicyclic) bond motifs is 1. The van der Waals surface area contributed by atoms with Crippen LogP contribution in [-0.2, 0) is 19.6 Å². The Morgan fingerprint density at radius 2 is 1.98 bits per heavy atom. The van der Waals surface area contributed by atoms with Crippen molar-refractivity contribution in [1.29, 1.82) is 0 Å². The molecule has 2 amide bonds. The van der Waals surface area contributed by atoms with Gasteiger partial charge in [0.05, 0.1) is 36.8 Å². The minimum Gasteiger partial charge on any atom is -0.490 e. The van der Waals surface area contributed by atoms with Crippen molar-refractivity contribution in [3.63, 3.8) is 0 Å². The van der Waals surface area contributed by atoms with Gasteiger partial charge in [-0.05, 0) is 62.8 Å². The van der Waals surface area contributed by atoms with Crippen molar-refractivity contribution in [3.05, 3.63) is 41.3 Å². The highest BCUT2D eigenvalue weighted by atomic mass is 32.2. The quantitative estimate of drug-likeness (QED) is 0.377. The largest absolute Gasteiger partial charge is 0.490 e. The summed E-state index contributed by atoms with van der Waals surface area (Å²) < 4.78 is 78.9. The van der Waals surface area contributed by atoms with Crippen LogP contribution >= 0.6 is 11.3 Å². The third kappa shape index (κ3) is 10.9. The molecule has 3 rings (SSSR count). The van der Waals surface area contributed by atoms with Crippen LogP contribution in [0.25, 0.3) is 0 Å². The Morgan fingerprint density at radius 3 is 2.62 bits per heavy atom. The molecule has 1 aromatic carbocycles. The monoisotopic (exact) mass is 677 g/mol. The highest BCUT2D eigenvalue weighted by Crippen LogP contribution is 2.30. The predicted octanol–water partition coefficient (Wildman–Crippen LogP) is 5.15. The molecular weight excluding hydrogens is 635 g/mol. The highest BCUT2D eigenvalue weighted by Gasteiger charge is 2.32. The molecule has 1 aromatic heterocycles. The van der Waals surface area contributed by atoms with Gasteiger partial charge in [-0.3, -0.25) is 14.3 Å². The van der Waals surface area contributed by atoms with Crippen LogP contribution in [0.15, 0.2) is 39.9 Å². The number of hydrogen-bond acceptors (Lipinski definition) is 8. The molecule has 2 N–H and O–H groups in total. The normalized spacial score (nSPS) is 21.3. The number of thiophene rings is 1. The topological polar surface area (TPSA) is 125 Å². The summed E-state index contributed by atoms with van der Waals surface area (Å²) in [5, 5.41) is 11.7. The molecule has 0 fully saturated rings. The summed E-state index contributed by atoms with van der Waals surface area (Å²) in [6.45, 7) is 5.35. The third-order valence-electron chi connectivity index (χ3n) is 7.57. The molecule has 0 bridgehead atoms. The number of alkyl halides is 3. The first-order valence-electron chi connectivity index (χ1n) is 14.8. The van der Waals surface area contributed by atoms with E-state index in [1.54, 1.807) is 31.4 Å². The molecule has 2 aromatic rings. The van der Waals surface area contributed by atoms with E-state index < -0.39 is 58.9 Å². The van der Waals surface area contributed by atoms with E-state index in [0.29, 0.717) is 19.4 Å². The number of aliphatic hydroxyl groups is 1. The van der Waals surface area contributed by atoms with Crippen LogP contribution in [0.1, 0.15) is 63.2 Å². The lowest BCUT2D eigenvalue weighted by Gasteiger charge is -2.36. The van der Waals surface area contributed by atoms with Gasteiger partial charge in [0.1, 0.15) is 9.96 Å². The minimum absolute atomic E-state index is 0.0120. The van der Waals surface area contributed by atoms with Gasteiger partial charge >= 0.3 is 6.18 Å². The average Bonchev–Trinajstić information content (AvgIpc) is 3.53. The number of sulfonamides is 1. The van der Waals surface area contributed by atoms with Gasteiger partial charge in [-0.2, -0.15) is 13.2 Å². The number of likely N-dealkylation sites (N-methyl/N-ethyl adjacent to an activating group) is 1. The zero-order valence-electron chi connectivity index (χ0n) is 25.9. The van der Waals surface area contributed by atoms with Gasteiger partial charge in [-0.15, -0.1) is 11.3 Å². The van der Waals surface area contributed by atoms with Gasteiger partial charge in [-0.1, -0.05) is 13.0 Å². The number of amides is 2. The summed E-state index contributed by atoms with van der Waals surface area (Å²) in [5.41, 5.74) is 0.243. The maximum atomic E-state index is 14.2. The Balaban J connectivity index is 1.94. The van der Waals surface area contributed by atoms with E-state index in [4.69, 9.17) is 9.47 Å². The smallest absolute Gasteiger partial charge is 0.389 e. The number of nitrogens with zero attached hydrogens (tertiary/aromatic N) is 2. The molecule has 0 radical (unpaired) electrons. The number of carbonyl (C=O) groups excluding carboxylic acids is 2. The Morgan fingerprint density at radius 1 is 1.24 bits per heavy atom. The lowest BCUT2D eigenvalue weighted by Crippen LogP contribution is -2.48. The van der Waals surface area contributed by atoms with E-state index in [2.05, 4.69) is 4.72 Å². The number of aliphatic hydroxyl groups excluding tert-OH is 1. The fourth-order valence-corrected chi connectivity index (χ4v) is 6.92. The number of benzene rings is 1. The van der Waals surface area contributed by atoms with Gasteiger partial charge in [0.15, 0.2) is 0 Å². The fraction of sp³-hybridized carbons (Fsp3) is 0.600. The van der Waals surface area contributed by atoms with Gasteiger partial charge in [0.25, 0.3) is 15.9 Å². The second kappa shape index (κ2) is 16.1. The van der Waals surface area contributed by atoms with Crippen LogP contribution in [0.3, 0.4) is 0 Å². The lowest BCUT2D eigenvalue weighted by atomic mass is 10.0. The number of carbonyl (C=O) groups is 2. The predicted molar refractivity (Wildman–Crippen MR) is 165 cm³/mol. The highest BCUT2D eigenvalue weighted by molar-refractivity contribution is 7.94. The van der Waals surface area contributed by atoms with Crippen LogP contribution in [0.2, 0.25) is 0 Å². The molecule has 0 saturated heterocycles. The number of halogens is 3. The van der Waals surface area contributed by atoms with Gasteiger partial charge in [0.2, 0.25) is 5.91 Å². The summed E-state index contributed by atoms with van der Waals surface area (Å²) >= 11 is 1.05. The van der Waals surface area contributed by atoms with Crippen molar-refractivity contribution in [2.45, 2.75) is 81.5 Å². The molecule has 10 nitrogen and oxygen atoms in total. The molecule has 2 heterocycles. The van der Waals surface area contributed by atoms with Crippen LogP contribution in [0, 0.1) is 5.92 Å². The Hall–Kier alpha value is -2.88. The standard InChI is InChI=1S/C30H42F3N3O7S2/c1-20-17-36(21(2)19-37)29(39)24-16-23(34-45(40,41)28-9-7-15-44-28)10-11-25(24)43-22(3)8-5-6-14-42-26(20)18-35(4)27(38)12-13-30(31,32)33/h7,9-11,15-16,20-22,26,34,37H,5-6,8,12-14,17-19H2,1-4H3/t20-,21+,22+,26-/m0/s1. The Labute approximate surface area is 266 Å². The molecular formula is C30H42F3N3O7S2. The number of anilines is 1. The zero-order valence-corrected chi connectivity index (χ0v) is 27.5. The maximum Gasteiger partial charge on any atom is 0.389 e.